The summed E-state index contributed by atoms with van der Waals surface area (Å²) in [6.07, 6.45) is 0. The summed E-state index contributed by atoms with van der Waals surface area (Å²) in [5.41, 5.74) is 10.00. The molecule has 2 aromatic heterocycles. The number of fused-ring (bicyclic) bond motifs is 10. The summed E-state index contributed by atoms with van der Waals surface area (Å²) in [5.74, 6) is 0. The lowest BCUT2D eigenvalue weighted by Crippen LogP contribution is -2.10. The Morgan fingerprint density at radius 3 is 1.94 bits per heavy atom. The molecule has 0 spiro atoms. The van der Waals surface area contributed by atoms with E-state index in [1.54, 1.807) is 0 Å². The Hall–Kier alpha value is -6.68. The zero-order valence-electron chi connectivity index (χ0n) is 28.7. The van der Waals surface area contributed by atoms with Crippen LogP contribution in [-0.4, -0.2) is 0 Å². The molecule has 0 unspecified atom stereocenters. The minimum atomic E-state index is 0.912. The topological polar surface area (TPSA) is 16.4 Å². The van der Waals surface area contributed by atoms with E-state index in [1.807, 2.05) is 11.3 Å². The van der Waals surface area contributed by atoms with Gasteiger partial charge in [-0.2, -0.15) is 0 Å². The maximum absolute atomic E-state index is 6.71. The van der Waals surface area contributed by atoms with Crippen molar-refractivity contribution in [1.82, 2.24) is 0 Å². The zero-order valence-corrected chi connectivity index (χ0v) is 29.5. The van der Waals surface area contributed by atoms with E-state index in [0.717, 1.165) is 39.0 Å². The van der Waals surface area contributed by atoms with Crippen LogP contribution in [0.25, 0.3) is 85.9 Å². The predicted molar refractivity (Wildman–Crippen MR) is 227 cm³/mol. The summed E-state index contributed by atoms with van der Waals surface area (Å²) in [5, 5.41) is 9.60. The molecule has 0 saturated heterocycles. The summed E-state index contributed by atoms with van der Waals surface area (Å²) in [4.78, 5) is 2.44. The van der Waals surface area contributed by atoms with Crippen LogP contribution < -0.4 is 4.90 Å². The van der Waals surface area contributed by atoms with Gasteiger partial charge < -0.3 is 9.32 Å². The van der Waals surface area contributed by atoms with Gasteiger partial charge in [0.2, 0.25) is 0 Å². The van der Waals surface area contributed by atoms with Crippen LogP contribution in [0, 0.1) is 0 Å². The van der Waals surface area contributed by atoms with E-state index in [0.29, 0.717) is 0 Å². The molecule has 53 heavy (non-hydrogen) atoms. The monoisotopic (exact) mass is 693 g/mol. The van der Waals surface area contributed by atoms with Crippen LogP contribution in [0.5, 0.6) is 0 Å². The number of nitrogens with zero attached hydrogens (tertiary/aromatic N) is 1. The van der Waals surface area contributed by atoms with Crippen LogP contribution in [0.4, 0.5) is 17.1 Å². The summed E-state index contributed by atoms with van der Waals surface area (Å²) in [6.45, 7) is 0. The molecule has 0 atom stereocenters. The molecule has 3 heteroatoms. The molecule has 2 heterocycles. The summed E-state index contributed by atoms with van der Waals surface area (Å²) in [6, 6.07) is 67.9. The van der Waals surface area contributed by atoms with Crippen LogP contribution in [0.1, 0.15) is 0 Å². The van der Waals surface area contributed by atoms with Gasteiger partial charge in [0.15, 0.2) is 0 Å². The van der Waals surface area contributed by atoms with E-state index in [-0.39, 0.29) is 0 Å². The minimum absolute atomic E-state index is 0.912. The van der Waals surface area contributed by atoms with Gasteiger partial charge in [-0.1, -0.05) is 133 Å². The molecule has 0 amide bonds. The second kappa shape index (κ2) is 11.9. The first-order chi connectivity index (χ1) is 26.3. The van der Waals surface area contributed by atoms with Gasteiger partial charge in [-0.3, -0.25) is 0 Å². The van der Waals surface area contributed by atoms with Gasteiger partial charge in [0.05, 0.1) is 5.69 Å². The lowest BCUT2D eigenvalue weighted by Gasteiger charge is -2.27. The Morgan fingerprint density at radius 2 is 1.08 bits per heavy atom. The van der Waals surface area contributed by atoms with E-state index in [1.165, 1.54) is 64.0 Å². The first-order valence-corrected chi connectivity index (χ1v) is 18.8. The maximum Gasteiger partial charge on any atom is 0.143 e. The zero-order chi connectivity index (χ0) is 34.9. The van der Waals surface area contributed by atoms with Crippen molar-refractivity contribution in [2.45, 2.75) is 0 Å². The molecule has 0 radical (unpaired) electrons. The highest BCUT2D eigenvalue weighted by molar-refractivity contribution is 7.26. The molecule has 0 bridgehead atoms. The van der Waals surface area contributed by atoms with Gasteiger partial charge in [-0.15, -0.1) is 11.3 Å². The van der Waals surface area contributed by atoms with Gasteiger partial charge in [-0.25, -0.2) is 0 Å². The smallest absolute Gasteiger partial charge is 0.143 e. The molecular weight excluding hydrogens is 663 g/mol. The van der Waals surface area contributed by atoms with Crippen LogP contribution in [0.2, 0.25) is 0 Å². The second-order valence-corrected chi connectivity index (χ2v) is 14.7. The fourth-order valence-corrected chi connectivity index (χ4v) is 9.36. The lowest BCUT2D eigenvalue weighted by atomic mass is 9.97. The van der Waals surface area contributed by atoms with Gasteiger partial charge in [-0.05, 0) is 93.0 Å². The molecule has 2 nitrogen and oxygen atoms in total. The molecule has 248 valence electrons. The number of hydrogen-bond donors (Lipinski definition) is 0. The maximum atomic E-state index is 6.71. The van der Waals surface area contributed by atoms with Gasteiger partial charge in [0, 0.05) is 47.7 Å². The number of thiophene rings is 1. The van der Waals surface area contributed by atoms with Crippen molar-refractivity contribution in [1.29, 1.82) is 0 Å². The molecule has 0 fully saturated rings. The van der Waals surface area contributed by atoms with Crippen LogP contribution in [-0.2, 0) is 0 Å². The summed E-state index contributed by atoms with van der Waals surface area (Å²) >= 11 is 1.85. The quantitative estimate of drug-likeness (QED) is 0.178. The Labute approximate surface area is 310 Å². The van der Waals surface area contributed by atoms with E-state index in [4.69, 9.17) is 4.42 Å². The lowest BCUT2D eigenvalue weighted by molar-refractivity contribution is 0.673. The number of hydrogen-bond acceptors (Lipinski definition) is 3. The minimum Gasteiger partial charge on any atom is -0.455 e. The predicted octanol–water partition coefficient (Wildman–Crippen LogP) is 15.1. The summed E-state index contributed by atoms with van der Waals surface area (Å²) < 4.78 is 9.20. The van der Waals surface area contributed by atoms with E-state index >= 15 is 0 Å². The fourth-order valence-electron chi connectivity index (χ4n) is 8.22. The average molecular weight is 694 g/mol. The van der Waals surface area contributed by atoms with Crippen molar-refractivity contribution >= 4 is 92.1 Å². The van der Waals surface area contributed by atoms with Crippen molar-refractivity contribution in [2.75, 3.05) is 4.90 Å². The Bertz CT molecular complexity index is 3170. The molecule has 11 rings (SSSR count). The fraction of sp³-hybridized carbons (Fsp3) is 0. The Kier molecular flexibility index (Phi) is 6.76. The standard InChI is InChI=1S/C50H31NOS/c1-2-11-32(12-3-1)33-23-26-37(27-24-33)51(38-17-8-16-36(31-38)40-20-9-15-34-13-4-6-18-39(34)40)43-21-10-22-45-48(43)49-46(53-45)30-29-44-47(49)42-28-25-35-14-5-7-19-41(35)50(42)52-44/h1-31H. The summed E-state index contributed by atoms with van der Waals surface area (Å²) in [7, 11) is 0. The van der Waals surface area contributed by atoms with Crippen molar-refractivity contribution in [3.8, 4) is 22.3 Å². The van der Waals surface area contributed by atoms with Crippen molar-refractivity contribution in [2.24, 2.45) is 0 Å². The largest absolute Gasteiger partial charge is 0.455 e. The third-order valence-electron chi connectivity index (χ3n) is 10.6. The molecule has 9 aromatic carbocycles. The van der Waals surface area contributed by atoms with Gasteiger partial charge in [0.1, 0.15) is 11.2 Å². The molecule has 0 saturated carbocycles. The van der Waals surface area contributed by atoms with Crippen molar-refractivity contribution in [3.63, 3.8) is 0 Å². The SMILES string of the molecule is c1ccc(-c2ccc(N(c3cccc(-c4cccc5ccccc45)c3)c3cccc4sc5ccc6oc7c8ccccc8ccc7c6c5c34)cc2)cc1. The van der Waals surface area contributed by atoms with Crippen molar-refractivity contribution in [3.05, 3.63) is 188 Å². The first kappa shape index (κ1) is 30.0. The highest BCUT2D eigenvalue weighted by atomic mass is 32.1. The van der Waals surface area contributed by atoms with Crippen LogP contribution in [0.15, 0.2) is 192 Å². The molecule has 0 N–H and O–H groups in total. The number of anilines is 3. The first-order valence-electron chi connectivity index (χ1n) is 18.0. The van der Waals surface area contributed by atoms with E-state index < -0.39 is 0 Å². The highest BCUT2D eigenvalue weighted by Crippen LogP contribution is 2.49. The Balaban J connectivity index is 1.19. The molecule has 0 aliphatic rings. The number of benzene rings is 9. The van der Waals surface area contributed by atoms with Crippen LogP contribution in [0.3, 0.4) is 0 Å². The second-order valence-electron chi connectivity index (χ2n) is 13.7. The number of furan rings is 1. The molecular formula is C50H31NOS. The normalized spacial score (nSPS) is 11.8. The Morgan fingerprint density at radius 1 is 0.396 bits per heavy atom. The van der Waals surface area contributed by atoms with Gasteiger partial charge in [0.25, 0.3) is 0 Å². The molecule has 0 aliphatic heterocycles. The molecule has 11 aromatic rings. The number of rotatable bonds is 5. The van der Waals surface area contributed by atoms with Crippen molar-refractivity contribution < 1.29 is 4.42 Å². The van der Waals surface area contributed by atoms with E-state index in [2.05, 4.69) is 193 Å². The third-order valence-corrected chi connectivity index (χ3v) is 11.8. The van der Waals surface area contributed by atoms with Crippen LogP contribution >= 0.6 is 11.3 Å². The third kappa shape index (κ3) is 4.78. The highest BCUT2D eigenvalue weighted by Gasteiger charge is 2.22. The van der Waals surface area contributed by atoms with E-state index in [9.17, 15) is 0 Å². The molecule has 0 aliphatic carbocycles. The average Bonchev–Trinajstić information content (AvgIpc) is 3.81. The van der Waals surface area contributed by atoms with Gasteiger partial charge >= 0.3 is 0 Å².